The lowest BCUT2D eigenvalue weighted by Gasteiger charge is -2.16. The highest BCUT2D eigenvalue weighted by Crippen LogP contribution is 2.33. The van der Waals surface area contributed by atoms with E-state index >= 15 is 0 Å². The molecule has 1 saturated carbocycles. The van der Waals surface area contributed by atoms with Crippen molar-refractivity contribution in [3.8, 4) is 0 Å². The predicted octanol–water partition coefficient (Wildman–Crippen LogP) is 1.21. The number of nitrogen functional groups attached to an aromatic ring is 1. The lowest BCUT2D eigenvalue weighted by atomic mass is 10.3. The molecular weight excluding hydrogens is 270 g/mol. The number of nitrogens with zero attached hydrogens (tertiary/aromatic N) is 2. The summed E-state index contributed by atoms with van der Waals surface area (Å²) in [5.41, 5.74) is 5.14. The Balaban J connectivity index is 2.41. The first-order chi connectivity index (χ1) is 8.82. The van der Waals surface area contributed by atoms with Crippen molar-refractivity contribution in [3.63, 3.8) is 0 Å². The zero-order valence-electron chi connectivity index (χ0n) is 10.4. The van der Waals surface area contributed by atoms with E-state index in [2.05, 4.69) is 0 Å². The maximum Gasteiger partial charge on any atom is 0.291 e. The van der Waals surface area contributed by atoms with E-state index in [0.29, 0.717) is 12.5 Å². The fourth-order valence-electron chi connectivity index (χ4n) is 1.83. The monoisotopic (exact) mass is 285 g/mol. The van der Waals surface area contributed by atoms with Crippen molar-refractivity contribution in [1.29, 1.82) is 0 Å². The van der Waals surface area contributed by atoms with E-state index in [-0.39, 0.29) is 10.6 Å². The normalized spacial score (nSPS) is 15.7. The summed E-state index contributed by atoms with van der Waals surface area (Å²) in [4.78, 5) is 9.91. The topological polar surface area (TPSA) is 107 Å². The summed E-state index contributed by atoms with van der Waals surface area (Å²) in [6.07, 6.45) is 2.01. The van der Waals surface area contributed by atoms with Gasteiger partial charge in [0.15, 0.2) is 4.90 Å². The highest BCUT2D eigenvalue weighted by atomic mass is 32.2. The first-order valence-electron chi connectivity index (χ1n) is 5.82. The molecular formula is C11H15N3O4S. The van der Waals surface area contributed by atoms with Crippen LogP contribution in [-0.2, 0) is 10.0 Å². The molecule has 1 fully saturated rings. The van der Waals surface area contributed by atoms with E-state index in [1.165, 1.54) is 23.5 Å². The Morgan fingerprint density at radius 2 is 2.11 bits per heavy atom. The molecule has 1 aliphatic carbocycles. The van der Waals surface area contributed by atoms with Crippen LogP contribution in [0.15, 0.2) is 23.1 Å². The predicted molar refractivity (Wildman–Crippen MR) is 70.0 cm³/mol. The van der Waals surface area contributed by atoms with Crippen LogP contribution >= 0.6 is 0 Å². The second-order valence-electron chi connectivity index (χ2n) is 4.71. The molecule has 0 aromatic heterocycles. The van der Waals surface area contributed by atoms with Crippen molar-refractivity contribution < 1.29 is 13.3 Å². The van der Waals surface area contributed by atoms with Crippen molar-refractivity contribution in [3.05, 3.63) is 28.3 Å². The standard InChI is InChI=1S/C11H15N3O4S/c1-13(7-8-2-3-8)19(17,18)11-5-4-9(12)6-10(11)14(15)16/h4-6,8H,2-3,7,12H2,1H3. The summed E-state index contributed by atoms with van der Waals surface area (Å²) in [5, 5.41) is 10.9. The molecule has 19 heavy (non-hydrogen) atoms. The van der Waals surface area contributed by atoms with Crippen molar-refractivity contribution in [1.82, 2.24) is 4.31 Å². The second-order valence-corrected chi connectivity index (χ2v) is 6.73. The van der Waals surface area contributed by atoms with Gasteiger partial charge in [-0.25, -0.2) is 12.7 Å². The van der Waals surface area contributed by atoms with Gasteiger partial charge in [-0.1, -0.05) is 0 Å². The largest absolute Gasteiger partial charge is 0.399 e. The average molecular weight is 285 g/mol. The van der Waals surface area contributed by atoms with Crippen LogP contribution in [0.2, 0.25) is 0 Å². The zero-order valence-corrected chi connectivity index (χ0v) is 11.3. The quantitative estimate of drug-likeness (QED) is 0.497. The first kappa shape index (κ1) is 13.8. The third-order valence-electron chi connectivity index (χ3n) is 3.08. The Labute approximate surface area is 111 Å². The van der Waals surface area contributed by atoms with Crippen LogP contribution in [0.3, 0.4) is 0 Å². The molecule has 0 spiro atoms. The molecule has 104 valence electrons. The fourth-order valence-corrected chi connectivity index (χ4v) is 3.21. The van der Waals surface area contributed by atoms with Gasteiger partial charge in [-0.15, -0.1) is 0 Å². The van der Waals surface area contributed by atoms with Gasteiger partial charge in [0, 0.05) is 25.3 Å². The second kappa shape index (κ2) is 4.78. The van der Waals surface area contributed by atoms with Gasteiger partial charge in [0.2, 0.25) is 10.0 Å². The van der Waals surface area contributed by atoms with E-state index in [0.717, 1.165) is 18.9 Å². The van der Waals surface area contributed by atoms with Gasteiger partial charge < -0.3 is 5.73 Å². The fraction of sp³-hybridized carbons (Fsp3) is 0.455. The summed E-state index contributed by atoms with van der Waals surface area (Å²) in [6.45, 7) is 0.393. The summed E-state index contributed by atoms with van der Waals surface area (Å²) >= 11 is 0. The minimum atomic E-state index is -3.85. The molecule has 0 aliphatic heterocycles. The summed E-state index contributed by atoms with van der Waals surface area (Å²) < 4.78 is 25.8. The summed E-state index contributed by atoms with van der Waals surface area (Å²) in [5.74, 6) is 0.368. The minimum Gasteiger partial charge on any atom is -0.399 e. The first-order valence-corrected chi connectivity index (χ1v) is 7.26. The molecule has 1 aliphatic rings. The number of hydrogen-bond acceptors (Lipinski definition) is 5. The Kier molecular flexibility index (Phi) is 3.46. The molecule has 2 rings (SSSR count). The molecule has 8 heteroatoms. The molecule has 0 radical (unpaired) electrons. The average Bonchev–Trinajstić information content (AvgIpc) is 3.12. The molecule has 0 unspecified atom stereocenters. The van der Waals surface area contributed by atoms with Crippen molar-refractivity contribution in [2.24, 2.45) is 5.92 Å². The van der Waals surface area contributed by atoms with Crippen molar-refractivity contribution in [2.45, 2.75) is 17.7 Å². The van der Waals surface area contributed by atoms with E-state index in [1.54, 1.807) is 0 Å². The van der Waals surface area contributed by atoms with Crippen LogP contribution in [0.1, 0.15) is 12.8 Å². The third kappa shape index (κ3) is 2.85. The van der Waals surface area contributed by atoms with Crippen molar-refractivity contribution >= 4 is 21.4 Å². The van der Waals surface area contributed by atoms with Crippen molar-refractivity contribution in [2.75, 3.05) is 19.3 Å². The maximum absolute atomic E-state index is 12.3. The zero-order chi connectivity index (χ0) is 14.2. The third-order valence-corrected chi connectivity index (χ3v) is 4.95. The van der Waals surface area contributed by atoms with Crippen LogP contribution < -0.4 is 5.73 Å². The molecule has 0 atom stereocenters. The number of nitrogens with two attached hydrogens (primary N) is 1. The van der Waals surface area contributed by atoms with Gasteiger partial charge in [-0.3, -0.25) is 10.1 Å². The SMILES string of the molecule is CN(CC1CC1)S(=O)(=O)c1ccc(N)cc1[N+](=O)[O-]. The van der Waals surface area contributed by atoms with Crippen LogP contribution in [0.4, 0.5) is 11.4 Å². The Bertz CT molecular complexity index is 610. The number of anilines is 1. The molecule has 0 bridgehead atoms. The van der Waals surface area contributed by atoms with Gasteiger partial charge in [0.05, 0.1) is 4.92 Å². The number of hydrogen-bond donors (Lipinski definition) is 1. The lowest BCUT2D eigenvalue weighted by molar-refractivity contribution is -0.387. The summed E-state index contributed by atoms with van der Waals surface area (Å²) in [7, 11) is -2.41. The van der Waals surface area contributed by atoms with E-state index < -0.39 is 20.6 Å². The van der Waals surface area contributed by atoms with Gasteiger partial charge in [0.1, 0.15) is 0 Å². The van der Waals surface area contributed by atoms with Gasteiger partial charge in [-0.05, 0) is 30.9 Å². The van der Waals surface area contributed by atoms with Gasteiger partial charge >= 0.3 is 0 Å². The minimum absolute atomic E-state index is 0.162. The van der Waals surface area contributed by atoms with Crippen LogP contribution in [0.5, 0.6) is 0 Å². The van der Waals surface area contributed by atoms with Crippen LogP contribution in [0, 0.1) is 16.0 Å². The smallest absolute Gasteiger partial charge is 0.291 e. The molecule has 0 amide bonds. The maximum atomic E-state index is 12.3. The van der Waals surface area contributed by atoms with Crippen LogP contribution in [-0.4, -0.2) is 31.2 Å². The molecule has 0 saturated heterocycles. The highest BCUT2D eigenvalue weighted by Gasteiger charge is 2.33. The van der Waals surface area contributed by atoms with Gasteiger partial charge in [0.25, 0.3) is 5.69 Å². The van der Waals surface area contributed by atoms with Crippen LogP contribution in [0.25, 0.3) is 0 Å². The highest BCUT2D eigenvalue weighted by molar-refractivity contribution is 7.89. The Hall–Kier alpha value is -1.67. The number of benzene rings is 1. The molecule has 1 aromatic carbocycles. The Morgan fingerprint density at radius 3 is 2.63 bits per heavy atom. The van der Waals surface area contributed by atoms with Gasteiger partial charge in [-0.2, -0.15) is 0 Å². The van der Waals surface area contributed by atoms with E-state index in [4.69, 9.17) is 5.73 Å². The number of nitro groups is 1. The number of nitro benzene ring substituents is 1. The lowest BCUT2D eigenvalue weighted by Crippen LogP contribution is -2.29. The number of sulfonamides is 1. The Morgan fingerprint density at radius 1 is 1.47 bits per heavy atom. The summed E-state index contributed by atoms with van der Waals surface area (Å²) in [6, 6.07) is 3.61. The van der Waals surface area contributed by atoms with E-state index in [9.17, 15) is 18.5 Å². The molecule has 0 heterocycles. The molecule has 2 N–H and O–H groups in total. The molecule has 7 nitrogen and oxygen atoms in total. The number of rotatable bonds is 5. The molecule has 1 aromatic rings. The van der Waals surface area contributed by atoms with E-state index in [1.807, 2.05) is 0 Å².